The van der Waals surface area contributed by atoms with Gasteiger partial charge in [-0.2, -0.15) is 0 Å². The van der Waals surface area contributed by atoms with Crippen molar-refractivity contribution in [3.63, 3.8) is 0 Å². The monoisotopic (exact) mass is 435 g/mol. The van der Waals surface area contributed by atoms with E-state index in [0.717, 1.165) is 4.48 Å². The minimum atomic E-state index is 0. The molecule has 0 heterocycles. The molecule has 2 heteroatoms. The molecule has 1 nitrogen and oxygen atoms in total. The minimum absolute atomic E-state index is 0. The van der Waals surface area contributed by atoms with Gasteiger partial charge in [-0.1, -0.05) is 126 Å². The summed E-state index contributed by atoms with van der Waals surface area (Å²) in [4.78, 5) is 0. The lowest BCUT2D eigenvalue weighted by molar-refractivity contribution is -0.890. The largest absolute Gasteiger partial charge is 1.00 e. The predicted octanol–water partition coefficient (Wildman–Crippen LogP) is 5.65. The van der Waals surface area contributed by atoms with Crippen LogP contribution in [0.1, 0.15) is 109 Å². The smallest absolute Gasteiger partial charge is 0.0817 e. The normalized spacial score (nSPS) is 11.7. The van der Waals surface area contributed by atoms with Crippen LogP contribution in [0.15, 0.2) is 36.4 Å². The van der Waals surface area contributed by atoms with Gasteiger partial charge in [-0.25, -0.2) is 0 Å². The third-order valence-electron chi connectivity index (χ3n) is 6.13. The van der Waals surface area contributed by atoms with Crippen molar-refractivity contribution in [3.05, 3.63) is 42.0 Å². The summed E-state index contributed by atoms with van der Waals surface area (Å²) in [5.41, 5.74) is 1.31. The zero-order valence-corrected chi connectivity index (χ0v) is 21.1. The van der Waals surface area contributed by atoms with Crippen LogP contribution in [0.5, 0.6) is 0 Å². The molecule has 0 radical (unpaired) electrons. The first-order valence-electron chi connectivity index (χ1n) is 12.7. The Morgan fingerprint density at radius 3 is 1.60 bits per heavy atom. The Labute approximate surface area is 195 Å². The lowest BCUT2D eigenvalue weighted by atomic mass is 10.0. The Morgan fingerprint density at radius 1 is 0.633 bits per heavy atom. The van der Waals surface area contributed by atoms with Crippen LogP contribution >= 0.6 is 0 Å². The highest BCUT2D eigenvalue weighted by atomic mass is 35.5. The van der Waals surface area contributed by atoms with Crippen LogP contribution in [0.2, 0.25) is 0 Å². The third-order valence-corrected chi connectivity index (χ3v) is 6.13. The molecule has 1 rings (SSSR count). The maximum Gasteiger partial charge on any atom is 0.0817 e. The second kappa shape index (κ2) is 20.1. The molecule has 0 atom stereocenters. The van der Waals surface area contributed by atoms with Crippen molar-refractivity contribution < 1.29 is 16.9 Å². The van der Waals surface area contributed by atoms with Crippen LogP contribution in [-0.2, 0) is 0 Å². The van der Waals surface area contributed by atoms with Crippen LogP contribution in [-0.4, -0.2) is 31.7 Å². The molecule has 0 N–H and O–H groups in total. The Balaban J connectivity index is 0.00000841. The molecule has 0 saturated carbocycles. The van der Waals surface area contributed by atoms with Gasteiger partial charge in [0.15, 0.2) is 0 Å². The first-order valence-corrected chi connectivity index (χ1v) is 12.7. The number of unbranched alkanes of at least 4 members (excludes halogenated alkanes) is 13. The SMILES string of the molecule is CCCCCCCCCCCCCCCC[N+](C)(C)CCC=Cc1ccccc1.[Cl-]. The average Bonchev–Trinajstić information content (AvgIpc) is 2.72. The molecule has 0 spiro atoms. The summed E-state index contributed by atoms with van der Waals surface area (Å²) in [5.74, 6) is 0. The van der Waals surface area contributed by atoms with E-state index in [1.165, 1.54) is 115 Å². The maximum absolute atomic E-state index is 2.39. The molecule has 30 heavy (non-hydrogen) atoms. The number of hydrogen-bond donors (Lipinski definition) is 0. The second-order valence-corrected chi connectivity index (χ2v) is 9.58. The van der Waals surface area contributed by atoms with Crippen molar-refractivity contribution in [1.82, 2.24) is 0 Å². The summed E-state index contributed by atoms with van der Waals surface area (Å²) in [6.07, 6.45) is 25.9. The summed E-state index contributed by atoms with van der Waals surface area (Å²) in [6.45, 7) is 4.85. The Bertz CT molecular complexity index is 495. The molecule has 0 saturated heterocycles. The summed E-state index contributed by atoms with van der Waals surface area (Å²) >= 11 is 0. The molecule has 0 fully saturated rings. The van der Waals surface area contributed by atoms with Gasteiger partial charge < -0.3 is 16.9 Å². The van der Waals surface area contributed by atoms with Crippen LogP contribution < -0.4 is 12.4 Å². The fourth-order valence-corrected chi connectivity index (χ4v) is 4.05. The van der Waals surface area contributed by atoms with Gasteiger partial charge in [0.25, 0.3) is 0 Å². The van der Waals surface area contributed by atoms with E-state index in [0.29, 0.717) is 0 Å². The minimum Gasteiger partial charge on any atom is -1.00 e. The van der Waals surface area contributed by atoms with E-state index >= 15 is 0 Å². The first kappa shape index (κ1) is 29.2. The van der Waals surface area contributed by atoms with Crippen molar-refractivity contribution >= 4 is 6.08 Å². The second-order valence-electron chi connectivity index (χ2n) is 9.58. The number of hydrogen-bond acceptors (Lipinski definition) is 0. The highest BCUT2D eigenvalue weighted by molar-refractivity contribution is 5.48. The number of nitrogens with zero attached hydrogens (tertiary/aromatic N) is 1. The fourth-order valence-electron chi connectivity index (χ4n) is 4.05. The van der Waals surface area contributed by atoms with E-state index in [-0.39, 0.29) is 12.4 Å². The fraction of sp³-hybridized carbons (Fsp3) is 0.714. The van der Waals surface area contributed by atoms with Crippen molar-refractivity contribution in [2.24, 2.45) is 0 Å². The van der Waals surface area contributed by atoms with E-state index in [4.69, 9.17) is 0 Å². The molecular weight excluding hydrogens is 386 g/mol. The summed E-state index contributed by atoms with van der Waals surface area (Å²) < 4.78 is 1.15. The number of rotatable bonds is 19. The highest BCUT2D eigenvalue weighted by Gasteiger charge is 2.12. The van der Waals surface area contributed by atoms with Gasteiger partial charge in [0, 0.05) is 6.42 Å². The van der Waals surface area contributed by atoms with Crippen LogP contribution in [0.3, 0.4) is 0 Å². The Morgan fingerprint density at radius 2 is 1.10 bits per heavy atom. The Kier molecular flexibility index (Phi) is 19.6. The predicted molar refractivity (Wildman–Crippen MR) is 132 cm³/mol. The molecule has 174 valence electrons. The van der Waals surface area contributed by atoms with Gasteiger partial charge in [0.05, 0.1) is 27.2 Å². The number of halogens is 1. The molecule has 0 aliphatic rings. The molecule has 1 aromatic rings. The van der Waals surface area contributed by atoms with Crippen LogP contribution in [0.25, 0.3) is 6.08 Å². The van der Waals surface area contributed by atoms with Crippen molar-refractivity contribution in [3.8, 4) is 0 Å². The Hall–Kier alpha value is -0.790. The van der Waals surface area contributed by atoms with E-state index in [1.54, 1.807) is 0 Å². The van der Waals surface area contributed by atoms with Gasteiger partial charge in [0.2, 0.25) is 0 Å². The van der Waals surface area contributed by atoms with Gasteiger partial charge in [-0.05, 0) is 18.4 Å². The standard InChI is InChI=1S/C28H50N.ClH/c1-4-5-6-7-8-9-10-11-12-13-14-15-16-21-26-29(2,3)27-22-20-25-28-23-18-17-19-24-28;/h17-20,23-25H,4-16,21-22,26-27H2,1-3H3;1H/q+1;/p-1. The molecule has 0 unspecified atom stereocenters. The molecule has 1 aromatic carbocycles. The van der Waals surface area contributed by atoms with Gasteiger partial charge >= 0.3 is 0 Å². The van der Waals surface area contributed by atoms with Gasteiger partial charge in [-0.15, -0.1) is 0 Å². The van der Waals surface area contributed by atoms with E-state index in [9.17, 15) is 0 Å². The van der Waals surface area contributed by atoms with E-state index in [1.807, 2.05) is 0 Å². The van der Waals surface area contributed by atoms with Crippen LogP contribution in [0, 0.1) is 0 Å². The average molecular weight is 436 g/mol. The zero-order valence-electron chi connectivity index (χ0n) is 20.4. The first-order chi connectivity index (χ1) is 14.1. The lowest BCUT2D eigenvalue weighted by Gasteiger charge is -2.29. The molecule has 0 aliphatic heterocycles. The number of benzene rings is 1. The lowest BCUT2D eigenvalue weighted by Crippen LogP contribution is -3.00. The summed E-state index contributed by atoms with van der Waals surface area (Å²) in [7, 11) is 4.78. The topological polar surface area (TPSA) is 0 Å². The van der Waals surface area contributed by atoms with Crippen molar-refractivity contribution in [2.75, 3.05) is 27.2 Å². The molecular formula is C28H50ClN. The van der Waals surface area contributed by atoms with Gasteiger partial charge in [0.1, 0.15) is 0 Å². The quantitative estimate of drug-likeness (QED) is 0.194. The highest BCUT2D eigenvalue weighted by Crippen LogP contribution is 2.14. The summed E-state index contributed by atoms with van der Waals surface area (Å²) in [5, 5.41) is 0. The third kappa shape index (κ3) is 18.0. The zero-order chi connectivity index (χ0) is 21.0. The summed E-state index contributed by atoms with van der Waals surface area (Å²) in [6, 6.07) is 10.6. The maximum atomic E-state index is 2.39. The van der Waals surface area contributed by atoms with Crippen molar-refractivity contribution in [2.45, 2.75) is 103 Å². The van der Waals surface area contributed by atoms with Gasteiger partial charge in [-0.3, -0.25) is 0 Å². The molecule has 0 bridgehead atoms. The molecule has 0 aromatic heterocycles. The van der Waals surface area contributed by atoms with E-state index < -0.39 is 0 Å². The molecule has 0 aliphatic carbocycles. The van der Waals surface area contributed by atoms with E-state index in [2.05, 4.69) is 63.5 Å². The van der Waals surface area contributed by atoms with Crippen molar-refractivity contribution in [1.29, 1.82) is 0 Å². The molecule has 0 amide bonds. The number of quaternary nitrogens is 1. The van der Waals surface area contributed by atoms with Crippen LogP contribution in [0.4, 0.5) is 0 Å².